The van der Waals surface area contributed by atoms with Crippen molar-refractivity contribution < 1.29 is 85.1 Å². The zero-order valence-corrected chi connectivity index (χ0v) is 55.0. The van der Waals surface area contributed by atoms with Gasteiger partial charge in [-0.15, -0.1) is 0 Å². The monoisotopic (exact) mass is 1310 g/mol. The molecule has 2 fully saturated rings. The molecular formula is C75H79N2O17Si+. The average molecular weight is 1310 g/mol. The molecule has 0 aliphatic carbocycles. The Balaban J connectivity index is 1.10. The fourth-order valence-electron chi connectivity index (χ4n) is 12.3. The van der Waals surface area contributed by atoms with Gasteiger partial charge in [-0.2, -0.15) is 0 Å². The molecule has 20 heteroatoms. The maximum absolute atomic E-state index is 14.7. The van der Waals surface area contributed by atoms with Crippen molar-refractivity contribution >= 4 is 44.1 Å². The summed E-state index contributed by atoms with van der Waals surface area (Å²) < 4.78 is 77.6. The summed E-state index contributed by atoms with van der Waals surface area (Å²) in [7, 11) is -0.882. The number of esters is 6. The fraction of sp³-hybridized carbons (Fsp3) is 0.320. The molecule has 2 saturated heterocycles. The normalized spacial score (nSPS) is 21.1. The molecule has 95 heavy (non-hydrogen) atoms. The molecule has 0 N–H and O–H groups in total. The van der Waals surface area contributed by atoms with E-state index < -0.39 is 112 Å². The molecule has 3 heterocycles. The van der Waals surface area contributed by atoms with Crippen LogP contribution >= 0.6 is 0 Å². The van der Waals surface area contributed by atoms with E-state index in [1.54, 1.807) is 146 Å². The van der Waals surface area contributed by atoms with Crippen LogP contribution in [0.3, 0.4) is 0 Å². The minimum Gasteiger partial charge on any atom is -0.452 e. The van der Waals surface area contributed by atoms with Crippen molar-refractivity contribution in [2.45, 2.75) is 133 Å². The van der Waals surface area contributed by atoms with Crippen molar-refractivity contribution in [2.24, 2.45) is 7.05 Å². The van der Waals surface area contributed by atoms with E-state index in [2.05, 4.69) is 41.5 Å². The van der Waals surface area contributed by atoms with Crippen LogP contribution in [0.15, 0.2) is 225 Å². The van der Waals surface area contributed by atoms with Gasteiger partial charge in [-0.1, -0.05) is 175 Å². The summed E-state index contributed by atoms with van der Waals surface area (Å²) in [6.07, 6.45) is -10.6. The number of hydrogen-bond acceptors (Lipinski definition) is 17. The predicted octanol–water partition coefficient (Wildman–Crippen LogP) is 11.9. The summed E-state index contributed by atoms with van der Waals surface area (Å²) in [6.45, 7) is 12.2. The van der Waals surface area contributed by atoms with Crippen LogP contribution in [0.2, 0.25) is 16.6 Å². The second-order valence-electron chi connectivity index (χ2n) is 24.3. The van der Waals surface area contributed by atoms with Crippen LogP contribution in [0.25, 0.3) is 0 Å². The van der Waals surface area contributed by atoms with Gasteiger partial charge in [0.1, 0.15) is 31.1 Å². The Labute approximate surface area is 553 Å². The standard InChI is InChI=1S/C75H79N2O17Si/c1-49(2)95(50(3)4,51(5)6)86-47-61-63(90-69(79)55-28-16-9-17-29-55)65(92-71(81)57-32-20-11-21-33-57)67(94-73(83)59-36-24-13-25-37-59)75(88-61)85-46-60-62(89-68(78)54-26-14-8-15-27-54)64(91-70(80)56-30-18-10-19-31-56)66(93-72(82)58-34-22-12-23-35-58)74(87-60)84-45-53-40-38-52(39-41-53)44-77-43-42-76(7)48-77/h8-43,48-51,60-67,74-75H,44-47H2,1-7H3/q+1/t60-,61-,62-,63-,64+,65+,66-,67-,74-,75+/m1/s1. The molecular weight excluding hydrogens is 1230 g/mol. The summed E-state index contributed by atoms with van der Waals surface area (Å²) in [4.78, 5) is 87.9. The maximum atomic E-state index is 14.7. The Morgan fingerprint density at radius 1 is 0.400 bits per heavy atom. The lowest BCUT2D eigenvalue weighted by molar-refractivity contribution is -0.671. The number of aromatic nitrogens is 2. The molecule has 0 saturated carbocycles. The molecule has 2 aliphatic rings. The molecule has 1 aromatic heterocycles. The van der Waals surface area contributed by atoms with E-state index >= 15 is 0 Å². The predicted molar refractivity (Wildman–Crippen MR) is 350 cm³/mol. The lowest BCUT2D eigenvalue weighted by Crippen LogP contribution is -2.65. The van der Waals surface area contributed by atoms with Crippen molar-refractivity contribution in [3.8, 4) is 0 Å². The molecule has 0 bridgehead atoms. The zero-order chi connectivity index (χ0) is 67.0. The van der Waals surface area contributed by atoms with Gasteiger partial charge in [0.15, 0.2) is 57.5 Å². The van der Waals surface area contributed by atoms with Crippen LogP contribution < -0.4 is 4.57 Å². The zero-order valence-electron chi connectivity index (χ0n) is 54.0. The summed E-state index contributed by atoms with van der Waals surface area (Å²) >= 11 is 0. The van der Waals surface area contributed by atoms with Crippen LogP contribution in [0.5, 0.6) is 0 Å². The molecule has 0 amide bonds. The molecule has 0 unspecified atom stereocenters. The highest BCUT2D eigenvalue weighted by Crippen LogP contribution is 2.44. The molecule has 19 nitrogen and oxygen atoms in total. The topological polar surface area (TPSA) is 213 Å². The average Bonchev–Trinajstić information content (AvgIpc) is 0.871. The number of imidazole rings is 1. The van der Waals surface area contributed by atoms with E-state index in [1.807, 2.05) is 59.2 Å². The highest BCUT2D eigenvalue weighted by atomic mass is 28.4. The van der Waals surface area contributed by atoms with E-state index in [-0.39, 0.29) is 63.2 Å². The van der Waals surface area contributed by atoms with Gasteiger partial charge < -0.3 is 51.8 Å². The van der Waals surface area contributed by atoms with E-state index in [0.29, 0.717) is 12.1 Å². The smallest absolute Gasteiger partial charge is 0.338 e. The number of aryl methyl sites for hydroxylation is 1. The van der Waals surface area contributed by atoms with Gasteiger partial charge in [-0.05, 0) is 101 Å². The van der Waals surface area contributed by atoms with Crippen LogP contribution in [-0.2, 0) is 72.0 Å². The third-order valence-electron chi connectivity index (χ3n) is 17.0. The van der Waals surface area contributed by atoms with Crippen LogP contribution in [0.4, 0.5) is 0 Å². The third-order valence-corrected chi connectivity index (χ3v) is 23.0. The van der Waals surface area contributed by atoms with Crippen molar-refractivity contribution in [1.82, 2.24) is 4.57 Å². The van der Waals surface area contributed by atoms with Gasteiger partial charge in [0.2, 0.25) is 6.33 Å². The number of rotatable bonds is 26. The van der Waals surface area contributed by atoms with Crippen molar-refractivity contribution in [2.75, 3.05) is 13.2 Å². The quantitative estimate of drug-likeness (QED) is 0.0213. The number of ether oxygens (including phenoxy) is 10. The minimum absolute atomic E-state index is 0.0571. The van der Waals surface area contributed by atoms with Crippen LogP contribution in [0.1, 0.15) is 115 Å². The summed E-state index contributed by atoms with van der Waals surface area (Å²) in [5.74, 6) is -5.23. The van der Waals surface area contributed by atoms with Crippen molar-refractivity contribution in [3.05, 3.63) is 269 Å². The summed E-state index contributed by atoms with van der Waals surface area (Å²) in [5.41, 5.74) is 2.53. The highest BCUT2D eigenvalue weighted by molar-refractivity contribution is 6.77. The number of carbonyl (C=O) groups excluding carboxylic acids is 6. The van der Waals surface area contributed by atoms with Crippen LogP contribution in [0, 0.1) is 0 Å². The molecule has 0 radical (unpaired) electrons. The van der Waals surface area contributed by atoms with Crippen molar-refractivity contribution in [1.29, 1.82) is 0 Å². The molecule has 8 aromatic rings. The molecule has 2 aliphatic heterocycles. The number of nitrogens with zero attached hydrogens (tertiary/aromatic N) is 2. The van der Waals surface area contributed by atoms with E-state index in [1.165, 1.54) is 36.4 Å². The highest BCUT2D eigenvalue weighted by Gasteiger charge is 2.57. The SMILES string of the molecule is CC(C)[Si](OC[C@H]1O[C@H](OC[C@H]2O[C@@H](OCc3ccc(Cn4cc[n+](C)c4)cc3)[C@H](OC(=O)c3ccccc3)[C@@H](OC(=O)c3ccccc3)[C@@H]2OC(=O)c2ccccc2)[C@H](OC(=O)c2ccccc2)[C@@H](OC(=O)c2ccccc2)[C@@H]1OC(=O)c1ccccc1)(C(C)C)C(C)C. The van der Waals surface area contributed by atoms with Gasteiger partial charge in [-0.3, -0.25) is 0 Å². The Kier molecular flexibility index (Phi) is 23.2. The van der Waals surface area contributed by atoms with Crippen LogP contribution in [-0.4, -0.2) is 123 Å². The Morgan fingerprint density at radius 3 is 1.03 bits per heavy atom. The molecule has 494 valence electrons. The van der Waals surface area contributed by atoms with Gasteiger partial charge in [-0.25, -0.2) is 37.9 Å². The lowest BCUT2D eigenvalue weighted by atomic mass is 9.96. The fourth-order valence-corrected chi connectivity index (χ4v) is 17.8. The Hall–Kier alpha value is -9.41. The number of carbonyl (C=O) groups is 6. The van der Waals surface area contributed by atoms with E-state index in [4.69, 9.17) is 51.8 Å². The van der Waals surface area contributed by atoms with Gasteiger partial charge in [0.05, 0.1) is 60.2 Å². The Morgan fingerprint density at radius 2 is 0.705 bits per heavy atom. The largest absolute Gasteiger partial charge is 0.452 e. The molecule has 10 atom stereocenters. The van der Waals surface area contributed by atoms with Crippen molar-refractivity contribution in [3.63, 3.8) is 0 Å². The molecule has 0 spiro atoms. The molecule has 7 aromatic carbocycles. The first-order valence-electron chi connectivity index (χ1n) is 31.8. The van der Waals surface area contributed by atoms with Gasteiger partial charge >= 0.3 is 35.8 Å². The lowest BCUT2D eigenvalue weighted by Gasteiger charge is -2.48. The second-order valence-corrected chi connectivity index (χ2v) is 29.8. The minimum atomic E-state index is -2.82. The second kappa shape index (κ2) is 32.1. The number of hydrogen-bond donors (Lipinski definition) is 0. The first-order chi connectivity index (χ1) is 45.9. The third kappa shape index (κ3) is 17.1. The van der Waals surface area contributed by atoms with E-state index in [0.717, 1.165) is 5.56 Å². The summed E-state index contributed by atoms with van der Waals surface area (Å²) in [5, 5.41) is 0. The Bertz CT molecular complexity index is 3780. The van der Waals surface area contributed by atoms with Gasteiger partial charge in [0.25, 0.3) is 0 Å². The van der Waals surface area contributed by atoms with E-state index in [9.17, 15) is 28.8 Å². The first-order valence-corrected chi connectivity index (χ1v) is 33.9. The maximum Gasteiger partial charge on any atom is 0.338 e. The summed E-state index contributed by atoms with van der Waals surface area (Å²) in [6, 6.07) is 56.3. The molecule has 10 rings (SSSR count). The first kappa shape index (κ1) is 68.4. The van der Waals surface area contributed by atoms with Gasteiger partial charge in [0, 0.05) is 0 Å². The number of benzene rings is 7.